The molecule has 15 heavy (non-hydrogen) atoms. The van der Waals surface area contributed by atoms with Gasteiger partial charge in [-0.25, -0.2) is 0 Å². The van der Waals surface area contributed by atoms with Crippen LogP contribution < -0.4 is 5.32 Å². The maximum absolute atomic E-state index is 12.1. The highest BCUT2D eigenvalue weighted by Crippen LogP contribution is 2.10. The Kier molecular flexibility index (Phi) is 3.02. The second-order valence-corrected chi connectivity index (χ2v) is 3.86. The van der Waals surface area contributed by atoms with Gasteiger partial charge in [0.1, 0.15) is 0 Å². The van der Waals surface area contributed by atoms with E-state index >= 15 is 0 Å². The molecule has 2 rings (SSSR count). The Morgan fingerprint density at radius 1 is 1.27 bits per heavy atom. The third kappa shape index (κ3) is 2.18. The average Bonchev–Trinajstić information content (AvgIpc) is 2.30. The van der Waals surface area contributed by atoms with Crippen molar-refractivity contribution in [1.82, 2.24) is 10.2 Å². The summed E-state index contributed by atoms with van der Waals surface area (Å²) in [4.78, 5) is 14.0. The minimum absolute atomic E-state index is 0.162. The molecule has 1 aliphatic rings. The molecule has 0 bridgehead atoms. The highest BCUT2D eigenvalue weighted by atomic mass is 16.2. The summed E-state index contributed by atoms with van der Waals surface area (Å²) in [5.74, 6) is 0.162. The number of carbonyl (C=O) groups excluding carboxylic acids is 1. The first kappa shape index (κ1) is 10.2. The van der Waals surface area contributed by atoms with Crippen molar-refractivity contribution in [2.45, 2.75) is 6.92 Å². The number of benzene rings is 1. The van der Waals surface area contributed by atoms with Gasteiger partial charge >= 0.3 is 0 Å². The van der Waals surface area contributed by atoms with Gasteiger partial charge in [0.25, 0.3) is 5.91 Å². The second kappa shape index (κ2) is 4.45. The van der Waals surface area contributed by atoms with Gasteiger partial charge in [0.2, 0.25) is 0 Å². The van der Waals surface area contributed by atoms with Crippen molar-refractivity contribution >= 4 is 5.91 Å². The molecule has 0 atom stereocenters. The number of piperazine rings is 1. The smallest absolute Gasteiger partial charge is 0.254 e. The quantitative estimate of drug-likeness (QED) is 0.741. The lowest BCUT2D eigenvalue weighted by Gasteiger charge is -2.27. The zero-order valence-corrected chi connectivity index (χ0v) is 8.99. The van der Waals surface area contributed by atoms with Crippen LogP contribution in [0.15, 0.2) is 24.3 Å². The van der Waals surface area contributed by atoms with Gasteiger partial charge in [-0.15, -0.1) is 0 Å². The summed E-state index contributed by atoms with van der Waals surface area (Å²) >= 11 is 0. The Balaban J connectivity index is 2.16. The molecule has 1 aromatic carbocycles. The Hall–Kier alpha value is -1.35. The number of hydrogen-bond donors (Lipinski definition) is 1. The van der Waals surface area contributed by atoms with E-state index in [-0.39, 0.29) is 5.91 Å². The van der Waals surface area contributed by atoms with Gasteiger partial charge in [-0.1, -0.05) is 18.2 Å². The summed E-state index contributed by atoms with van der Waals surface area (Å²) in [6.07, 6.45) is 0. The van der Waals surface area contributed by atoms with Gasteiger partial charge in [0.15, 0.2) is 0 Å². The third-order valence-electron chi connectivity index (χ3n) is 2.78. The summed E-state index contributed by atoms with van der Waals surface area (Å²) in [6.45, 7) is 5.41. The summed E-state index contributed by atoms with van der Waals surface area (Å²) in [7, 11) is 0. The van der Waals surface area contributed by atoms with E-state index in [4.69, 9.17) is 0 Å². The van der Waals surface area contributed by atoms with Crippen LogP contribution in [0.25, 0.3) is 0 Å². The van der Waals surface area contributed by atoms with Crippen LogP contribution in [0.1, 0.15) is 15.9 Å². The van der Waals surface area contributed by atoms with E-state index in [9.17, 15) is 4.79 Å². The molecule has 1 aliphatic heterocycles. The van der Waals surface area contributed by atoms with Gasteiger partial charge in [0.05, 0.1) is 0 Å². The van der Waals surface area contributed by atoms with Crippen LogP contribution in [0.5, 0.6) is 0 Å². The Labute approximate surface area is 90.1 Å². The molecule has 1 fully saturated rings. The fourth-order valence-electron chi connectivity index (χ4n) is 1.85. The first-order valence-electron chi connectivity index (χ1n) is 5.34. The largest absolute Gasteiger partial charge is 0.336 e. The highest BCUT2D eigenvalue weighted by Gasteiger charge is 2.18. The van der Waals surface area contributed by atoms with E-state index in [1.807, 2.05) is 36.1 Å². The predicted octanol–water partition coefficient (Wildman–Crippen LogP) is 1.04. The van der Waals surface area contributed by atoms with Crippen molar-refractivity contribution in [3.63, 3.8) is 0 Å². The molecule has 80 valence electrons. The van der Waals surface area contributed by atoms with E-state index in [2.05, 4.69) is 5.32 Å². The number of carbonyl (C=O) groups is 1. The lowest BCUT2D eigenvalue weighted by Crippen LogP contribution is -2.46. The fraction of sp³-hybridized carbons (Fsp3) is 0.417. The minimum atomic E-state index is 0.162. The molecule has 3 heteroatoms. The van der Waals surface area contributed by atoms with E-state index in [1.165, 1.54) is 0 Å². The first-order chi connectivity index (χ1) is 7.29. The topological polar surface area (TPSA) is 32.3 Å². The Morgan fingerprint density at radius 3 is 2.60 bits per heavy atom. The number of rotatable bonds is 1. The molecule has 1 N–H and O–H groups in total. The molecule has 1 saturated heterocycles. The molecule has 0 radical (unpaired) electrons. The fourth-order valence-corrected chi connectivity index (χ4v) is 1.85. The lowest BCUT2D eigenvalue weighted by atomic mass is 10.1. The molecule has 3 nitrogen and oxygen atoms in total. The van der Waals surface area contributed by atoms with Gasteiger partial charge in [-0.3, -0.25) is 4.79 Å². The van der Waals surface area contributed by atoms with Crippen LogP contribution in [-0.4, -0.2) is 37.0 Å². The molecule has 0 spiro atoms. The molecule has 1 amide bonds. The van der Waals surface area contributed by atoms with E-state index in [0.717, 1.165) is 37.3 Å². The average molecular weight is 204 g/mol. The first-order valence-corrected chi connectivity index (χ1v) is 5.34. The number of amides is 1. The molecule has 0 saturated carbocycles. The van der Waals surface area contributed by atoms with Crippen molar-refractivity contribution in [3.05, 3.63) is 35.4 Å². The number of hydrogen-bond acceptors (Lipinski definition) is 2. The normalized spacial score (nSPS) is 16.5. The van der Waals surface area contributed by atoms with Crippen molar-refractivity contribution < 1.29 is 4.79 Å². The van der Waals surface area contributed by atoms with Crippen molar-refractivity contribution in [3.8, 4) is 0 Å². The molecular formula is C12H16N2O. The molecule has 0 aliphatic carbocycles. The molecule has 0 unspecified atom stereocenters. The molecule has 1 aromatic rings. The molecule has 0 aromatic heterocycles. The Bertz CT molecular complexity index is 356. The maximum Gasteiger partial charge on any atom is 0.254 e. The monoisotopic (exact) mass is 204 g/mol. The Morgan fingerprint density at radius 2 is 1.93 bits per heavy atom. The standard InChI is InChI=1S/C12H16N2O/c1-10-4-2-3-5-11(10)12(15)14-8-6-13-7-9-14/h2-5,13H,6-9H2,1H3. The van der Waals surface area contributed by atoms with Crippen molar-refractivity contribution in [1.29, 1.82) is 0 Å². The van der Waals surface area contributed by atoms with E-state index < -0.39 is 0 Å². The number of aryl methyl sites for hydroxylation is 1. The minimum Gasteiger partial charge on any atom is -0.336 e. The van der Waals surface area contributed by atoms with Crippen LogP contribution >= 0.6 is 0 Å². The lowest BCUT2D eigenvalue weighted by molar-refractivity contribution is 0.0735. The summed E-state index contributed by atoms with van der Waals surface area (Å²) in [6, 6.07) is 7.77. The number of nitrogens with one attached hydrogen (secondary N) is 1. The van der Waals surface area contributed by atoms with Crippen LogP contribution in [-0.2, 0) is 0 Å². The van der Waals surface area contributed by atoms with Crippen molar-refractivity contribution in [2.24, 2.45) is 0 Å². The summed E-state index contributed by atoms with van der Waals surface area (Å²) < 4.78 is 0. The molecule has 1 heterocycles. The zero-order valence-electron chi connectivity index (χ0n) is 8.99. The van der Waals surface area contributed by atoms with Gasteiger partial charge in [0, 0.05) is 31.7 Å². The van der Waals surface area contributed by atoms with Crippen LogP contribution in [0.2, 0.25) is 0 Å². The van der Waals surface area contributed by atoms with E-state index in [0.29, 0.717) is 0 Å². The second-order valence-electron chi connectivity index (χ2n) is 3.86. The van der Waals surface area contributed by atoms with Crippen LogP contribution in [0.4, 0.5) is 0 Å². The molecular weight excluding hydrogens is 188 g/mol. The van der Waals surface area contributed by atoms with Gasteiger partial charge in [-0.05, 0) is 18.6 Å². The number of nitrogens with zero attached hydrogens (tertiary/aromatic N) is 1. The zero-order chi connectivity index (χ0) is 10.7. The van der Waals surface area contributed by atoms with E-state index in [1.54, 1.807) is 0 Å². The summed E-state index contributed by atoms with van der Waals surface area (Å²) in [5, 5.41) is 3.24. The van der Waals surface area contributed by atoms with Crippen LogP contribution in [0, 0.1) is 6.92 Å². The van der Waals surface area contributed by atoms with Crippen LogP contribution in [0.3, 0.4) is 0 Å². The predicted molar refractivity (Wildman–Crippen MR) is 60.0 cm³/mol. The van der Waals surface area contributed by atoms with Crippen molar-refractivity contribution in [2.75, 3.05) is 26.2 Å². The van der Waals surface area contributed by atoms with Gasteiger partial charge in [-0.2, -0.15) is 0 Å². The highest BCUT2D eigenvalue weighted by molar-refractivity contribution is 5.95. The summed E-state index contributed by atoms with van der Waals surface area (Å²) in [5.41, 5.74) is 1.89. The third-order valence-corrected chi connectivity index (χ3v) is 2.78. The maximum atomic E-state index is 12.1. The van der Waals surface area contributed by atoms with Gasteiger partial charge < -0.3 is 10.2 Å². The SMILES string of the molecule is Cc1ccccc1C(=O)N1CCNCC1.